The van der Waals surface area contributed by atoms with Gasteiger partial charge in [0.05, 0.1) is 17.7 Å². The number of amides is 1. The summed E-state index contributed by atoms with van der Waals surface area (Å²) in [5.41, 5.74) is 1.42. The number of rotatable bonds is 5. The third-order valence-electron chi connectivity index (χ3n) is 4.22. The van der Waals surface area contributed by atoms with E-state index in [4.69, 9.17) is 16.3 Å². The molecule has 0 aliphatic carbocycles. The summed E-state index contributed by atoms with van der Waals surface area (Å²) < 4.78 is 5.23. The van der Waals surface area contributed by atoms with Gasteiger partial charge in [-0.3, -0.25) is 4.79 Å². The number of likely N-dealkylation sites (tertiary alicyclic amines) is 1. The number of hydrogen-bond donors (Lipinski definition) is 1. The van der Waals surface area contributed by atoms with Crippen molar-refractivity contribution in [1.29, 1.82) is 0 Å². The zero-order chi connectivity index (χ0) is 17.6. The second-order valence-electron chi connectivity index (χ2n) is 5.93. The van der Waals surface area contributed by atoms with Crippen molar-refractivity contribution in [3.8, 4) is 5.88 Å². The minimum Gasteiger partial charge on any atom is -0.481 e. The lowest BCUT2D eigenvalue weighted by Gasteiger charge is -2.26. The molecule has 6 nitrogen and oxygen atoms in total. The van der Waals surface area contributed by atoms with Gasteiger partial charge in [0.15, 0.2) is 0 Å². The molecule has 1 amide bonds. The SMILES string of the molecule is COc1ncccc1CNc1ncc(C(=O)N2CCCCC2)cc1Cl. The van der Waals surface area contributed by atoms with Gasteiger partial charge in [-0.25, -0.2) is 9.97 Å². The number of piperidine rings is 1. The van der Waals surface area contributed by atoms with Crippen LogP contribution in [0.25, 0.3) is 0 Å². The molecule has 0 saturated carbocycles. The van der Waals surface area contributed by atoms with Crippen molar-refractivity contribution in [3.63, 3.8) is 0 Å². The number of ether oxygens (including phenoxy) is 1. The van der Waals surface area contributed by atoms with Crippen molar-refractivity contribution in [2.75, 3.05) is 25.5 Å². The Morgan fingerprint density at radius 2 is 2.12 bits per heavy atom. The number of nitrogens with zero attached hydrogens (tertiary/aromatic N) is 3. The Balaban J connectivity index is 1.68. The Labute approximate surface area is 152 Å². The van der Waals surface area contributed by atoms with Crippen molar-refractivity contribution in [2.45, 2.75) is 25.8 Å². The number of halogens is 1. The van der Waals surface area contributed by atoms with Crippen LogP contribution < -0.4 is 10.1 Å². The molecule has 1 saturated heterocycles. The van der Waals surface area contributed by atoms with Crippen LogP contribution in [0.15, 0.2) is 30.6 Å². The van der Waals surface area contributed by atoms with Crippen LogP contribution in [0.2, 0.25) is 5.02 Å². The molecule has 0 unspecified atom stereocenters. The number of carbonyl (C=O) groups is 1. The van der Waals surface area contributed by atoms with Gasteiger partial charge in [0.25, 0.3) is 5.91 Å². The lowest BCUT2D eigenvalue weighted by molar-refractivity contribution is 0.0724. The van der Waals surface area contributed by atoms with Crippen LogP contribution in [0.1, 0.15) is 35.2 Å². The summed E-state index contributed by atoms with van der Waals surface area (Å²) in [5, 5.41) is 3.58. The maximum Gasteiger partial charge on any atom is 0.255 e. The van der Waals surface area contributed by atoms with E-state index in [2.05, 4.69) is 15.3 Å². The van der Waals surface area contributed by atoms with E-state index >= 15 is 0 Å². The summed E-state index contributed by atoms with van der Waals surface area (Å²) in [4.78, 5) is 22.8. The molecular weight excluding hydrogens is 340 g/mol. The molecule has 0 radical (unpaired) electrons. The zero-order valence-corrected chi connectivity index (χ0v) is 14.9. The monoisotopic (exact) mass is 360 g/mol. The summed E-state index contributed by atoms with van der Waals surface area (Å²) in [5.74, 6) is 1.08. The number of anilines is 1. The average molecular weight is 361 g/mol. The van der Waals surface area contributed by atoms with E-state index in [1.54, 1.807) is 25.6 Å². The van der Waals surface area contributed by atoms with Gasteiger partial charge in [-0.05, 0) is 31.4 Å². The molecule has 2 aromatic rings. The number of methoxy groups -OCH3 is 1. The molecule has 2 aromatic heterocycles. The first-order chi connectivity index (χ1) is 12.2. The Morgan fingerprint density at radius 1 is 1.32 bits per heavy atom. The first-order valence-electron chi connectivity index (χ1n) is 8.35. The van der Waals surface area contributed by atoms with Gasteiger partial charge < -0.3 is 15.0 Å². The van der Waals surface area contributed by atoms with Crippen LogP contribution in [0.3, 0.4) is 0 Å². The molecule has 1 N–H and O–H groups in total. The number of pyridine rings is 2. The highest BCUT2D eigenvalue weighted by Crippen LogP contribution is 2.23. The van der Waals surface area contributed by atoms with Crippen LogP contribution in [-0.2, 0) is 6.54 Å². The predicted octanol–water partition coefficient (Wildman–Crippen LogP) is 3.38. The third kappa shape index (κ3) is 4.20. The van der Waals surface area contributed by atoms with E-state index in [0.29, 0.717) is 28.8 Å². The van der Waals surface area contributed by atoms with E-state index in [1.165, 1.54) is 6.42 Å². The fourth-order valence-electron chi connectivity index (χ4n) is 2.89. The summed E-state index contributed by atoms with van der Waals surface area (Å²) in [6.07, 6.45) is 6.54. The molecular formula is C18H21ClN4O2. The largest absolute Gasteiger partial charge is 0.481 e. The molecule has 25 heavy (non-hydrogen) atoms. The Hall–Kier alpha value is -2.34. The fourth-order valence-corrected chi connectivity index (χ4v) is 3.12. The number of carbonyl (C=O) groups excluding carboxylic acids is 1. The minimum absolute atomic E-state index is 0.00502. The van der Waals surface area contributed by atoms with Crippen molar-refractivity contribution < 1.29 is 9.53 Å². The molecule has 0 spiro atoms. The molecule has 132 valence electrons. The molecule has 1 fully saturated rings. The van der Waals surface area contributed by atoms with Crippen molar-refractivity contribution in [2.24, 2.45) is 0 Å². The summed E-state index contributed by atoms with van der Waals surface area (Å²) in [6.45, 7) is 2.08. The standard InChI is InChI=1S/C18H21ClN4O2/c1-25-17-13(6-5-7-20-17)11-21-16-15(19)10-14(12-22-16)18(24)23-8-3-2-4-9-23/h5-7,10,12H,2-4,8-9,11H2,1H3,(H,21,22). The highest BCUT2D eigenvalue weighted by molar-refractivity contribution is 6.33. The van der Waals surface area contributed by atoms with E-state index in [1.807, 2.05) is 17.0 Å². The van der Waals surface area contributed by atoms with E-state index in [0.717, 1.165) is 31.5 Å². The molecule has 1 aliphatic rings. The van der Waals surface area contributed by atoms with Gasteiger partial charge in [-0.1, -0.05) is 17.7 Å². The minimum atomic E-state index is -0.00502. The molecule has 3 rings (SSSR count). The lowest BCUT2D eigenvalue weighted by atomic mass is 10.1. The van der Waals surface area contributed by atoms with Crippen LogP contribution in [0, 0.1) is 0 Å². The maximum absolute atomic E-state index is 12.5. The van der Waals surface area contributed by atoms with E-state index in [9.17, 15) is 4.79 Å². The molecule has 0 bridgehead atoms. The molecule has 1 aliphatic heterocycles. The van der Waals surface area contributed by atoms with Gasteiger partial charge in [0.1, 0.15) is 5.82 Å². The van der Waals surface area contributed by atoms with Gasteiger partial charge in [0, 0.05) is 37.6 Å². The quantitative estimate of drug-likeness (QED) is 0.885. The van der Waals surface area contributed by atoms with E-state index < -0.39 is 0 Å². The van der Waals surface area contributed by atoms with Crippen LogP contribution in [0.5, 0.6) is 5.88 Å². The highest BCUT2D eigenvalue weighted by Gasteiger charge is 2.19. The lowest BCUT2D eigenvalue weighted by Crippen LogP contribution is -2.35. The van der Waals surface area contributed by atoms with Gasteiger partial charge >= 0.3 is 0 Å². The van der Waals surface area contributed by atoms with Crippen molar-refractivity contribution in [1.82, 2.24) is 14.9 Å². The Bertz CT molecular complexity index is 748. The topological polar surface area (TPSA) is 67.3 Å². The van der Waals surface area contributed by atoms with Crippen LogP contribution in [-0.4, -0.2) is 41.0 Å². The second kappa shape index (κ2) is 8.16. The predicted molar refractivity (Wildman–Crippen MR) is 97.1 cm³/mol. The van der Waals surface area contributed by atoms with Crippen molar-refractivity contribution >= 4 is 23.3 Å². The Morgan fingerprint density at radius 3 is 2.84 bits per heavy atom. The molecule has 0 atom stereocenters. The molecule has 3 heterocycles. The Kier molecular flexibility index (Phi) is 5.71. The fraction of sp³-hybridized carbons (Fsp3) is 0.389. The number of aromatic nitrogens is 2. The first-order valence-corrected chi connectivity index (χ1v) is 8.73. The average Bonchev–Trinajstić information content (AvgIpc) is 2.67. The maximum atomic E-state index is 12.5. The molecule has 7 heteroatoms. The summed E-state index contributed by atoms with van der Waals surface area (Å²) in [6, 6.07) is 5.43. The molecule has 0 aromatic carbocycles. The van der Waals surface area contributed by atoms with Gasteiger partial charge in [-0.15, -0.1) is 0 Å². The number of nitrogens with one attached hydrogen (secondary N) is 1. The van der Waals surface area contributed by atoms with Gasteiger partial charge in [-0.2, -0.15) is 0 Å². The zero-order valence-electron chi connectivity index (χ0n) is 14.2. The first kappa shape index (κ1) is 17.5. The number of hydrogen-bond acceptors (Lipinski definition) is 5. The summed E-state index contributed by atoms with van der Waals surface area (Å²) >= 11 is 6.31. The summed E-state index contributed by atoms with van der Waals surface area (Å²) in [7, 11) is 1.58. The van der Waals surface area contributed by atoms with Crippen LogP contribution in [0.4, 0.5) is 5.82 Å². The van der Waals surface area contributed by atoms with E-state index in [-0.39, 0.29) is 5.91 Å². The normalized spacial score (nSPS) is 14.2. The third-order valence-corrected chi connectivity index (χ3v) is 4.51. The highest BCUT2D eigenvalue weighted by atomic mass is 35.5. The smallest absolute Gasteiger partial charge is 0.255 e. The van der Waals surface area contributed by atoms with Crippen molar-refractivity contribution in [3.05, 3.63) is 46.7 Å². The van der Waals surface area contributed by atoms with Gasteiger partial charge in [0.2, 0.25) is 5.88 Å². The second-order valence-corrected chi connectivity index (χ2v) is 6.34. The van der Waals surface area contributed by atoms with Crippen LogP contribution >= 0.6 is 11.6 Å².